The zero-order valence-corrected chi connectivity index (χ0v) is 14.1. The zero-order chi connectivity index (χ0) is 18.2. The van der Waals surface area contributed by atoms with Crippen LogP contribution in [-0.2, 0) is 11.3 Å². The fourth-order valence-electron chi connectivity index (χ4n) is 2.19. The number of benzene rings is 2. The van der Waals surface area contributed by atoms with Crippen LogP contribution in [0.1, 0.15) is 15.9 Å². The molecule has 0 aliphatic carbocycles. The highest BCUT2D eigenvalue weighted by molar-refractivity contribution is 5.96. The second kappa shape index (κ2) is 8.58. The van der Waals surface area contributed by atoms with Crippen LogP contribution in [0, 0.1) is 0 Å². The lowest BCUT2D eigenvalue weighted by Crippen LogP contribution is -2.29. The van der Waals surface area contributed by atoms with E-state index in [4.69, 9.17) is 19.9 Å². The number of amides is 2. The van der Waals surface area contributed by atoms with Crippen LogP contribution in [-0.4, -0.2) is 32.6 Å². The summed E-state index contributed by atoms with van der Waals surface area (Å²) in [7, 11) is 3.06. The van der Waals surface area contributed by atoms with Crippen LogP contribution in [0.15, 0.2) is 42.5 Å². The number of methoxy groups -OCH3 is 2. The van der Waals surface area contributed by atoms with Crippen molar-refractivity contribution in [3.63, 3.8) is 0 Å². The number of carbonyl (C=O) groups is 2. The molecule has 132 valence electrons. The van der Waals surface area contributed by atoms with Gasteiger partial charge in [0.15, 0.2) is 6.61 Å². The zero-order valence-electron chi connectivity index (χ0n) is 14.1. The molecule has 0 aromatic heterocycles. The van der Waals surface area contributed by atoms with Crippen molar-refractivity contribution in [3.05, 3.63) is 53.6 Å². The summed E-state index contributed by atoms with van der Waals surface area (Å²) in [6.45, 7) is 0.0373. The van der Waals surface area contributed by atoms with E-state index >= 15 is 0 Å². The average Bonchev–Trinajstić information content (AvgIpc) is 2.64. The highest BCUT2D eigenvalue weighted by Gasteiger charge is 2.13. The van der Waals surface area contributed by atoms with Crippen molar-refractivity contribution in [1.29, 1.82) is 0 Å². The first-order valence-corrected chi connectivity index (χ1v) is 7.54. The maximum atomic E-state index is 12.0. The van der Waals surface area contributed by atoms with Gasteiger partial charge in [0.1, 0.15) is 17.2 Å². The van der Waals surface area contributed by atoms with E-state index in [1.807, 2.05) is 24.3 Å². The first kappa shape index (κ1) is 18.1. The van der Waals surface area contributed by atoms with Crippen molar-refractivity contribution in [3.8, 4) is 17.2 Å². The number of nitrogens with one attached hydrogen (secondary N) is 1. The van der Waals surface area contributed by atoms with Gasteiger partial charge in [-0.1, -0.05) is 18.2 Å². The van der Waals surface area contributed by atoms with Crippen molar-refractivity contribution in [2.75, 3.05) is 20.8 Å². The lowest BCUT2D eigenvalue weighted by molar-refractivity contribution is -0.123. The van der Waals surface area contributed by atoms with Gasteiger partial charge < -0.3 is 25.3 Å². The number of primary amides is 1. The topological polar surface area (TPSA) is 99.9 Å². The number of rotatable bonds is 8. The molecule has 0 radical (unpaired) electrons. The lowest BCUT2D eigenvalue weighted by Gasteiger charge is -2.12. The third kappa shape index (κ3) is 4.87. The van der Waals surface area contributed by atoms with Crippen molar-refractivity contribution in [2.45, 2.75) is 6.54 Å². The molecule has 2 aromatic rings. The van der Waals surface area contributed by atoms with Gasteiger partial charge in [-0.2, -0.15) is 0 Å². The Labute approximate surface area is 145 Å². The van der Waals surface area contributed by atoms with Gasteiger partial charge in [-0.3, -0.25) is 9.59 Å². The fraction of sp³-hybridized carbons (Fsp3) is 0.222. The first-order chi connectivity index (χ1) is 12.0. The highest BCUT2D eigenvalue weighted by Crippen LogP contribution is 2.24. The van der Waals surface area contributed by atoms with Crippen LogP contribution in [0.25, 0.3) is 0 Å². The molecule has 0 atom stereocenters. The van der Waals surface area contributed by atoms with E-state index in [0.29, 0.717) is 18.0 Å². The summed E-state index contributed by atoms with van der Waals surface area (Å²) in [5.74, 6) is 0.387. The minimum atomic E-state index is -0.646. The second-order valence-corrected chi connectivity index (χ2v) is 5.10. The molecule has 3 N–H and O–H groups in total. The minimum Gasteiger partial charge on any atom is -0.497 e. The maximum Gasteiger partial charge on any atom is 0.258 e. The SMILES string of the molecule is COc1ccc(C(N)=O)c(OCC(=O)NCc2ccccc2OC)c1. The lowest BCUT2D eigenvalue weighted by atomic mass is 10.2. The van der Waals surface area contributed by atoms with E-state index in [1.165, 1.54) is 19.2 Å². The molecule has 2 rings (SSSR count). The Morgan fingerprint density at radius 3 is 2.48 bits per heavy atom. The maximum absolute atomic E-state index is 12.0. The van der Waals surface area contributed by atoms with E-state index in [2.05, 4.69) is 5.32 Å². The number of hydrogen-bond donors (Lipinski definition) is 2. The largest absolute Gasteiger partial charge is 0.497 e. The molecule has 0 spiro atoms. The van der Waals surface area contributed by atoms with Gasteiger partial charge in [0.05, 0.1) is 19.8 Å². The predicted octanol–water partition coefficient (Wildman–Crippen LogP) is 1.50. The van der Waals surface area contributed by atoms with Crippen LogP contribution >= 0.6 is 0 Å². The van der Waals surface area contributed by atoms with E-state index in [1.54, 1.807) is 13.2 Å². The van der Waals surface area contributed by atoms with Crippen LogP contribution in [0.3, 0.4) is 0 Å². The Balaban J connectivity index is 1.97. The first-order valence-electron chi connectivity index (χ1n) is 7.54. The number of para-hydroxylation sites is 1. The number of carbonyl (C=O) groups excluding carboxylic acids is 2. The molecular formula is C18H20N2O5. The van der Waals surface area contributed by atoms with Crippen molar-refractivity contribution >= 4 is 11.8 Å². The summed E-state index contributed by atoms with van der Waals surface area (Å²) in [5.41, 5.74) is 6.33. The normalized spacial score (nSPS) is 10.0. The fourth-order valence-corrected chi connectivity index (χ4v) is 2.19. The van der Waals surface area contributed by atoms with Gasteiger partial charge in [-0.15, -0.1) is 0 Å². The summed E-state index contributed by atoms with van der Waals surface area (Å²) >= 11 is 0. The second-order valence-electron chi connectivity index (χ2n) is 5.10. The molecule has 0 unspecified atom stereocenters. The Morgan fingerprint density at radius 2 is 1.80 bits per heavy atom. The van der Waals surface area contributed by atoms with Crippen LogP contribution in [0.4, 0.5) is 0 Å². The van der Waals surface area contributed by atoms with Crippen LogP contribution in [0.5, 0.6) is 17.2 Å². The number of nitrogens with two attached hydrogens (primary N) is 1. The molecule has 7 heteroatoms. The Bertz CT molecular complexity index is 761. The van der Waals surface area contributed by atoms with Crippen LogP contribution < -0.4 is 25.3 Å². The van der Waals surface area contributed by atoms with Gasteiger partial charge in [0, 0.05) is 18.2 Å². The third-order valence-corrected chi connectivity index (χ3v) is 3.48. The van der Waals surface area contributed by atoms with Gasteiger partial charge in [0.2, 0.25) is 0 Å². The molecule has 0 aliphatic rings. The molecule has 2 aromatic carbocycles. The Morgan fingerprint density at radius 1 is 1.04 bits per heavy atom. The smallest absolute Gasteiger partial charge is 0.258 e. The van der Waals surface area contributed by atoms with E-state index in [9.17, 15) is 9.59 Å². The molecule has 2 amide bonds. The standard InChI is InChI=1S/C18H20N2O5/c1-23-13-7-8-14(18(19)22)16(9-13)25-11-17(21)20-10-12-5-3-4-6-15(12)24-2/h3-9H,10-11H2,1-2H3,(H2,19,22)(H,20,21). The van der Waals surface area contributed by atoms with E-state index in [0.717, 1.165) is 5.56 Å². The number of hydrogen-bond acceptors (Lipinski definition) is 5. The van der Waals surface area contributed by atoms with Gasteiger partial charge in [0.25, 0.3) is 11.8 Å². The summed E-state index contributed by atoms with van der Waals surface area (Å²) in [4.78, 5) is 23.4. The third-order valence-electron chi connectivity index (χ3n) is 3.48. The van der Waals surface area contributed by atoms with Gasteiger partial charge in [-0.05, 0) is 18.2 Å². The Kier molecular flexibility index (Phi) is 6.22. The predicted molar refractivity (Wildman–Crippen MR) is 91.8 cm³/mol. The van der Waals surface area contributed by atoms with Gasteiger partial charge in [-0.25, -0.2) is 0 Å². The molecule has 0 bridgehead atoms. The van der Waals surface area contributed by atoms with E-state index in [-0.39, 0.29) is 23.8 Å². The van der Waals surface area contributed by atoms with E-state index < -0.39 is 5.91 Å². The monoisotopic (exact) mass is 344 g/mol. The highest BCUT2D eigenvalue weighted by atomic mass is 16.5. The van der Waals surface area contributed by atoms with Crippen molar-refractivity contribution in [1.82, 2.24) is 5.32 Å². The molecular weight excluding hydrogens is 324 g/mol. The minimum absolute atomic E-state index is 0.179. The Hall–Kier alpha value is -3.22. The number of ether oxygens (including phenoxy) is 3. The molecule has 25 heavy (non-hydrogen) atoms. The summed E-state index contributed by atoms with van der Waals surface area (Å²) in [6, 6.07) is 12.0. The quantitative estimate of drug-likeness (QED) is 0.756. The summed E-state index contributed by atoms with van der Waals surface area (Å²) < 4.78 is 15.7. The molecule has 7 nitrogen and oxygen atoms in total. The van der Waals surface area contributed by atoms with Crippen molar-refractivity contribution < 1.29 is 23.8 Å². The molecule has 0 fully saturated rings. The molecule has 0 saturated carbocycles. The molecule has 0 aliphatic heterocycles. The summed E-state index contributed by atoms with van der Waals surface area (Å²) in [6.07, 6.45) is 0. The van der Waals surface area contributed by atoms with Crippen molar-refractivity contribution in [2.24, 2.45) is 5.73 Å². The summed E-state index contributed by atoms with van der Waals surface area (Å²) in [5, 5.41) is 2.73. The average molecular weight is 344 g/mol. The van der Waals surface area contributed by atoms with Crippen LogP contribution in [0.2, 0.25) is 0 Å². The van der Waals surface area contributed by atoms with Gasteiger partial charge >= 0.3 is 0 Å². The molecule has 0 heterocycles. The molecule has 0 saturated heterocycles.